The third-order valence-electron chi connectivity index (χ3n) is 2.60. The van der Waals surface area contributed by atoms with Gasteiger partial charge in [0.05, 0.1) is 11.2 Å². The molecule has 23 heavy (non-hydrogen) atoms. The van der Waals surface area contributed by atoms with Crippen molar-refractivity contribution in [1.82, 2.24) is 0 Å². The molecule has 0 unspecified atom stereocenters. The normalized spacial score (nSPS) is 11.4. The van der Waals surface area contributed by atoms with E-state index in [2.05, 4.69) is 14.8 Å². The Morgan fingerprint density at radius 3 is 2.39 bits per heavy atom. The number of benzene rings is 1. The van der Waals surface area contributed by atoms with Crippen LogP contribution in [0.1, 0.15) is 5.69 Å². The smallest absolute Gasteiger partial charge is 0.372 e. The Balaban J connectivity index is 0.00000264. The Labute approximate surface area is 171 Å². The molecule has 0 spiro atoms. The van der Waals surface area contributed by atoms with Crippen LogP contribution >= 0.6 is 0 Å². The maximum atomic E-state index is 11.3. The molecule has 1 heterocycles. The Bertz CT molecular complexity index is 877. The van der Waals surface area contributed by atoms with Crippen LogP contribution in [0, 0.1) is 22.2 Å². The first kappa shape index (κ1) is 19.8. The van der Waals surface area contributed by atoms with Crippen LogP contribution in [0.15, 0.2) is 44.1 Å². The molecule has 0 aliphatic rings. The van der Waals surface area contributed by atoms with Gasteiger partial charge in [-0.25, -0.2) is 0 Å². The number of azo groups is 1. The molecular formula is C10H8KN4O7S+. The number of non-ortho nitro benzene ring substituents is 1. The topological polar surface area (TPSA) is 162 Å². The summed E-state index contributed by atoms with van der Waals surface area (Å²) in [4.78, 5) is 9.22. The van der Waals surface area contributed by atoms with Crippen molar-refractivity contribution in [1.29, 1.82) is 0 Å². The second-order valence-electron chi connectivity index (χ2n) is 4.04. The van der Waals surface area contributed by atoms with E-state index in [-0.39, 0.29) is 73.4 Å². The van der Waals surface area contributed by atoms with Gasteiger partial charge < -0.3 is 4.52 Å². The quantitative estimate of drug-likeness (QED) is 0.177. The summed E-state index contributed by atoms with van der Waals surface area (Å²) in [6, 6.07) is 2.66. The van der Waals surface area contributed by atoms with Crippen molar-refractivity contribution in [2.45, 2.75) is 11.8 Å². The molecule has 2 rings (SSSR count). The first-order valence-corrected chi connectivity index (χ1v) is 7.00. The molecule has 0 aliphatic carbocycles. The van der Waals surface area contributed by atoms with Gasteiger partial charge in [0.15, 0.2) is 5.69 Å². The average molecular weight is 367 g/mol. The van der Waals surface area contributed by atoms with Crippen molar-refractivity contribution in [3.8, 4) is 0 Å². The number of rotatable bonds is 4. The van der Waals surface area contributed by atoms with Crippen molar-refractivity contribution in [2.75, 3.05) is 0 Å². The Kier molecular flexibility index (Phi) is 6.52. The zero-order chi connectivity index (χ0) is 16.5. The molecule has 1 N–H and O–H groups in total. The third-order valence-corrected chi connectivity index (χ3v) is 3.49. The minimum Gasteiger partial charge on any atom is -0.372 e. The Morgan fingerprint density at radius 2 is 1.91 bits per heavy atom. The third kappa shape index (κ3) is 4.63. The number of nitro benzene ring substituents is 1. The second-order valence-corrected chi connectivity index (χ2v) is 5.43. The van der Waals surface area contributed by atoms with Gasteiger partial charge in [0.1, 0.15) is 10.6 Å². The summed E-state index contributed by atoms with van der Waals surface area (Å²) in [7, 11) is -4.75. The number of aromatic nitrogens is 1. The molecule has 116 valence electrons. The molecule has 13 heteroatoms. The molecule has 0 saturated heterocycles. The van der Waals surface area contributed by atoms with Crippen LogP contribution in [0.25, 0.3) is 0 Å². The molecular weight excluding hydrogens is 359 g/mol. The van der Waals surface area contributed by atoms with Crippen LogP contribution in [-0.2, 0) is 10.1 Å². The van der Waals surface area contributed by atoms with Crippen molar-refractivity contribution < 1.29 is 78.7 Å². The molecule has 0 amide bonds. The largest absolute Gasteiger partial charge is 1.00 e. The minimum absolute atomic E-state index is 0. The summed E-state index contributed by atoms with van der Waals surface area (Å²) < 4.78 is 36.1. The summed E-state index contributed by atoms with van der Waals surface area (Å²) in [5, 5.41) is 28.9. The van der Waals surface area contributed by atoms with E-state index < -0.39 is 25.6 Å². The van der Waals surface area contributed by atoms with Crippen LogP contribution < -0.4 is 56.3 Å². The van der Waals surface area contributed by atoms with E-state index in [0.29, 0.717) is 6.07 Å². The van der Waals surface area contributed by atoms with Gasteiger partial charge >= 0.3 is 51.4 Å². The monoisotopic (exact) mass is 367 g/mol. The van der Waals surface area contributed by atoms with E-state index in [1.54, 1.807) is 0 Å². The van der Waals surface area contributed by atoms with Gasteiger partial charge in [0, 0.05) is 24.0 Å². The predicted molar refractivity (Wildman–Crippen MR) is 69.5 cm³/mol. The zero-order valence-electron chi connectivity index (χ0n) is 11.9. The molecule has 1 aromatic heterocycles. The first-order valence-electron chi connectivity index (χ1n) is 5.56. The van der Waals surface area contributed by atoms with Crippen LogP contribution in [-0.4, -0.2) is 17.9 Å². The molecule has 0 fully saturated rings. The van der Waals surface area contributed by atoms with Crippen LogP contribution in [0.5, 0.6) is 0 Å². The van der Waals surface area contributed by atoms with Crippen molar-refractivity contribution >= 4 is 27.2 Å². The van der Waals surface area contributed by atoms with E-state index in [0.717, 1.165) is 18.4 Å². The van der Waals surface area contributed by atoms with E-state index in [9.17, 15) is 23.7 Å². The summed E-state index contributed by atoms with van der Waals surface area (Å²) in [6.45, 7) is 1.39. The number of hydrogen-bond acceptors (Lipinski definition) is 8. The van der Waals surface area contributed by atoms with E-state index >= 15 is 0 Å². The molecule has 11 nitrogen and oxygen atoms in total. The zero-order valence-corrected chi connectivity index (χ0v) is 15.8. The Hall–Kier alpha value is -1.22. The van der Waals surface area contributed by atoms with E-state index in [1.807, 2.05) is 0 Å². The van der Waals surface area contributed by atoms with Crippen molar-refractivity contribution in [3.63, 3.8) is 0 Å². The van der Waals surface area contributed by atoms with Gasteiger partial charge in [0.25, 0.3) is 21.5 Å². The van der Waals surface area contributed by atoms with Crippen LogP contribution in [0.2, 0.25) is 0 Å². The van der Waals surface area contributed by atoms with Crippen molar-refractivity contribution in [3.05, 3.63) is 45.5 Å². The van der Waals surface area contributed by atoms with Gasteiger partial charge in [-0.3, -0.25) is 19.9 Å². The minimum atomic E-state index is -4.75. The predicted octanol–water partition coefficient (Wildman–Crippen LogP) is -1.20. The summed E-state index contributed by atoms with van der Waals surface area (Å²) in [5.74, 6) is 0. The fourth-order valence-corrected chi connectivity index (χ4v) is 2.11. The summed E-state index contributed by atoms with van der Waals surface area (Å²) in [6.07, 6.45) is 0.990. The molecule has 1 aromatic carbocycles. The second kappa shape index (κ2) is 7.56. The first-order chi connectivity index (χ1) is 10.2. The number of hydrogen-bond donors (Lipinski definition) is 1. The van der Waals surface area contributed by atoms with Gasteiger partial charge in [-0.05, 0) is 6.07 Å². The molecule has 0 radical (unpaired) electrons. The fourth-order valence-electron chi connectivity index (χ4n) is 1.46. The maximum Gasteiger partial charge on any atom is 1.00 e. The fraction of sp³-hybridized carbons (Fsp3) is 0.100. The van der Waals surface area contributed by atoms with Crippen LogP contribution in [0.4, 0.5) is 17.1 Å². The SMILES string of the molecule is Cc1c(N=Nc2ccc([N+](=O)[O-])cc2S(=O)(=O)O)co[n+]1[O-].[K+]. The van der Waals surface area contributed by atoms with Crippen molar-refractivity contribution in [2.24, 2.45) is 10.2 Å². The van der Waals surface area contributed by atoms with Gasteiger partial charge in [-0.1, -0.05) is 0 Å². The summed E-state index contributed by atoms with van der Waals surface area (Å²) in [5.41, 5.74) is -0.747. The molecule has 0 saturated carbocycles. The molecule has 0 atom stereocenters. The number of nitro groups is 1. The van der Waals surface area contributed by atoms with E-state index in [4.69, 9.17) is 4.55 Å². The molecule has 0 bridgehead atoms. The molecule has 2 aromatic rings. The maximum absolute atomic E-state index is 11.3. The Morgan fingerprint density at radius 1 is 1.30 bits per heavy atom. The van der Waals surface area contributed by atoms with Gasteiger partial charge in [-0.15, -0.1) is 10.2 Å². The number of nitrogens with zero attached hydrogens (tertiary/aromatic N) is 4. The standard InChI is InChI=1S/C10H8N4O7S.K/c1-6-9(5-21-14(6)17)12-11-8-3-2-7(13(15)16)4-10(8)22(18,19)20;/h2-5H,1H3,(H,18,19,20);/q;+1. The van der Waals surface area contributed by atoms with Gasteiger partial charge in [0.2, 0.25) is 0 Å². The van der Waals surface area contributed by atoms with E-state index in [1.165, 1.54) is 6.92 Å². The molecule has 0 aliphatic heterocycles. The average Bonchev–Trinajstić information content (AvgIpc) is 2.75. The van der Waals surface area contributed by atoms with Crippen LogP contribution in [0.3, 0.4) is 0 Å². The van der Waals surface area contributed by atoms with Gasteiger partial charge in [-0.2, -0.15) is 8.42 Å². The summed E-state index contributed by atoms with van der Waals surface area (Å²) >= 11 is 0.